The highest BCUT2D eigenvalue weighted by Crippen LogP contribution is 2.18. The molecule has 1 aromatic rings. The van der Waals surface area contributed by atoms with Gasteiger partial charge in [-0.25, -0.2) is 0 Å². The molecule has 1 unspecified atom stereocenters. The summed E-state index contributed by atoms with van der Waals surface area (Å²) in [6, 6.07) is 6.98. The molecule has 5 heteroatoms. The van der Waals surface area contributed by atoms with Crippen LogP contribution < -0.4 is 5.48 Å². The summed E-state index contributed by atoms with van der Waals surface area (Å²) in [4.78, 5) is 9.93. The molecule has 0 saturated heterocycles. The monoisotopic (exact) mass is 259 g/mol. The molecular weight excluding hydrogens is 250 g/mol. The Balaban J connectivity index is 2.80. The lowest BCUT2D eigenvalue weighted by Crippen LogP contribution is -2.16. The van der Waals surface area contributed by atoms with Crippen LogP contribution in [0.2, 0.25) is 0 Å². The summed E-state index contributed by atoms with van der Waals surface area (Å²) in [6.45, 7) is 0. The quantitative estimate of drug-likeness (QED) is 0.571. The maximum absolute atomic E-state index is 10.6. The highest BCUT2D eigenvalue weighted by atomic mass is 79.9. The van der Waals surface area contributed by atoms with E-state index in [0.29, 0.717) is 12.1 Å². The molecule has 1 atom stereocenters. The maximum Gasteiger partial charge on any atom is 0.317 e. The second kappa shape index (κ2) is 4.97. The third-order valence-corrected chi connectivity index (χ3v) is 2.52. The number of anilines is 1. The first-order valence-corrected chi connectivity index (χ1v) is 4.91. The van der Waals surface area contributed by atoms with Crippen molar-refractivity contribution in [2.24, 2.45) is 0 Å². The van der Waals surface area contributed by atoms with Crippen LogP contribution in [0.25, 0.3) is 0 Å². The average Bonchev–Trinajstić information content (AvgIpc) is 2.18. The van der Waals surface area contributed by atoms with Gasteiger partial charge in [0, 0.05) is 0 Å². The molecule has 0 aliphatic rings. The first kappa shape index (κ1) is 11.0. The molecule has 0 amide bonds. The van der Waals surface area contributed by atoms with Gasteiger partial charge < -0.3 is 5.11 Å². The summed E-state index contributed by atoms with van der Waals surface area (Å²) in [6.07, 6.45) is 0.319. The highest BCUT2D eigenvalue weighted by Gasteiger charge is 2.15. The molecule has 0 saturated carbocycles. The van der Waals surface area contributed by atoms with Crippen LogP contribution in [0.3, 0.4) is 0 Å². The highest BCUT2D eigenvalue weighted by molar-refractivity contribution is 9.10. The SMILES string of the molecule is O=C(O)C(Br)Cc1ccccc1NO. The van der Waals surface area contributed by atoms with Gasteiger partial charge in [-0.05, 0) is 18.1 Å². The molecule has 3 N–H and O–H groups in total. The van der Waals surface area contributed by atoms with Gasteiger partial charge in [-0.15, -0.1) is 0 Å². The predicted molar refractivity (Wildman–Crippen MR) is 55.9 cm³/mol. The second-order valence-corrected chi connectivity index (χ2v) is 3.88. The summed E-state index contributed by atoms with van der Waals surface area (Å²) in [7, 11) is 0. The van der Waals surface area contributed by atoms with E-state index in [4.69, 9.17) is 10.3 Å². The Hall–Kier alpha value is -1.07. The molecule has 1 rings (SSSR count). The van der Waals surface area contributed by atoms with Crippen LogP contribution in [0.15, 0.2) is 24.3 Å². The molecule has 76 valence electrons. The fourth-order valence-corrected chi connectivity index (χ4v) is 1.44. The molecule has 0 bridgehead atoms. The lowest BCUT2D eigenvalue weighted by atomic mass is 10.1. The van der Waals surface area contributed by atoms with Crippen LogP contribution in [0.4, 0.5) is 5.69 Å². The van der Waals surface area contributed by atoms with Gasteiger partial charge in [-0.1, -0.05) is 34.1 Å². The van der Waals surface area contributed by atoms with Crippen molar-refractivity contribution in [2.75, 3.05) is 5.48 Å². The van der Waals surface area contributed by atoms with E-state index in [1.54, 1.807) is 24.3 Å². The van der Waals surface area contributed by atoms with E-state index >= 15 is 0 Å². The number of hydrogen-bond acceptors (Lipinski definition) is 3. The van der Waals surface area contributed by atoms with E-state index in [-0.39, 0.29) is 0 Å². The molecule has 1 aromatic carbocycles. The Bertz CT molecular complexity index is 330. The first-order valence-electron chi connectivity index (χ1n) is 4.00. The number of para-hydroxylation sites is 1. The molecule has 0 fully saturated rings. The number of nitrogens with one attached hydrogen (secondary N) is 1. The zero-order chi connectivity index (χ0) is 10.6. The van der Waals surface area contributed by atoms with Gasteiger partial charge in [0.25, 0.3) is 0 Å². The van der Waals surface area contributed by atoms with Crippen LogP contribution in [0.1, 0.15) is 5.56 Å². The van der Waals surface area contributed by atoms with Gasteiger partial charge in [-0.3, -0.25) is 15.5 Å². The summed E-state index contributed by atoms with van der Waals surface area (Å²) in [5.74, 6) is -0.919. The molecule has 0 radical (unpaired) electrons. The summed E-state index contributed by atoms with van der Waals surface area (Å²) in [5, 5.41) is 17.4. The average molecular weight is 260 g/mol. The van der Waals surface area contributed by atoms with Crippen molar-refractivity contribution in [3.8, 4) is 0 Å². The summed E-state index contributed by atoms with van der Waals surface area (Å²) < 4.78 is 0. The standard InChI is InChI=1S/C9H10BrNO3/c10-7(9(12)13)5-6-3-1-2-4-8(6)11-14/h1-4,7,11,14H,5H2,(H,12,13). The van der Waals surface area contributed by atoms with Crippen molar-refractivity contribution >= 4 is 27.6 Å². The largest absolute Gasteiger partial charge is 0.480 e. The molecule has 0 heterocycles. The van der Waals surface area contributed by atoms with Gasteiger partial charge in [-0.2, -0.15) is 0 Å². The Morgan fingerprint density at radius 1 is 1.50 bits per heavy atom. The molecular formula is C9H10BrNO3. The number of hydrogen-bond donors (Lipinski definition) is 3. The second-order valence-electron chi connectivity index (χ2n) is 2.78. The smallest absolute Gasteiger partial charge is 0.317 e. The van der Waals surface area contributed by atoms with Gasteiger partial charge in [0.2, 0.25) is 0 Å². The summed E-state index contributed by atoms with van der Waals surface area (Å²) in [5.41, 5.74) is 3.30. The van der Waals surface area contributed by atoms with Gasteiger partial charge in [0.05, 0.1) is 5.69 Å². The van der Waals surface area contributed by atoms with E-state index in [1.165, 1.54) is 0 Å². The zero-order valence-electron chi connectivity index (χ0n) is 7.27. The Morgan fingerprint density at radius 3 is 2.71 bits per heavy atom. The van der Waals surface area contributed by atoms with Crippen LogP contribution in [0.5, 0.6) is 0 Å². The maximum atomic E-state index is 10.6. The Kier molecular flexibility index (Phi) is 3.91. The van der Waals surface area contributed by atoms with Crippen molar-refractivity contribution in [3.05, 3.63) is 29.8 Å². The number of aliphatic carboxylic acids is 1. The first-order chi connectivity index (χ1) is 6.65. The molecule has 14 heavy (non-hydrogen) atoms. The van der Waals surface area contributed by atoms with E-state index < -0.39 is 10.8 Å². The van der Waals surface area contributed by atoms with Crippen molar-refractivity contribution in [3.63, 3.8) is 0 Å². The van der Waals surface area contributed by atoms with Crippen molar-refractivity contribution in [2.45, 2.75) is 11.2 Å². The number of rotatable bonds is 4. The van der Waals surface area contributed by atoms with Crippen molar-refractivity contribution in [1.29, 1.82) is 0 Å². The van der Waals surface area contributed by atoms with Crippen molar-refractivity contribution in [1.82, 2.24) is 0 Å². The molecule has 0 spiro atoms. The number of carbonyl (C=O) groups is 1. The molecule has 4 nitrogen and oxygen atoms in total. The minimum Gasteiger partial charge on any atom is -0.480 e. The van der Waals surface area contributed by atoms with E-state index in [1.807, 2.05) is 5.48 Å². The normalized spacial score (nSPS) is 12.1. The predicted octanol–water partition coefficient (Wildman–Crippen LogP) is 1.88. The molecule has 0 aromatic heterocycles. The number of alkyl halides is 1. The van der Waals surface area contributed by atoms with Crippen LogP contribution in [-0.2, 0) is 11.2 Å². The number of halogens is 1. The summed E-state index contributed by atoms with van der Waals surface area (Å²) >= 11 is 3.03. The topological polar surface area (TPSA) is 69.6 Å². The van der Waals surface area contributed by atoms with Gasteiger partial charge in [0.15, 0.2) is 0 Å². The molecule has 0 aliphatic carbocycles. The van der Waals surface area contributed by atoms with Crippen LogP contribution in [-0.4, -0.2) is 21.1 Å². The minimum atomic E-state index is -0.919. The van der Waals surface area contributed by atoms with Gasteiger partial charge in [0.1, 0.15) is 4.83 Å². The van der Waals surface area contributed by atoms with E-state index in [9.17, 15) is 4.79 Å². The fraction of sp³-hybridized carbons (Fsp3) is 0.222. The van der Waals surface area contributed by atoms with Gasteiger partial charge >= 0.3 is 5.97 Å². The number of carboxylic acid groups (broad SMARTS) is 1. The Labute approximate surface area is 89.6 Å². The van der Waals surface area contributed by atoms with Crippen LogP contribution in [0, 0.1) is 0 Å². The lowest BCUT2D eigenvalue weighted by molar-refractivity contribution is -0.136. The van der Waals surface area contributed by atoms with Crippen LogP contribution >= 0.6 is 15.9 Å². The van der Waals surface area contributed by atoms with E-state index in [0.717, 1.165) is 5.56 Å². The molecule has 0 aliphatic heterocycles. The number of benzene rings is 1. The lowest BCUT2D eigenvalue weighted by Gasteiger charge is -2.09. The van der Waals surface area contributed by atoms with E-state index in [2.05, 4.69) is 15.9 Å². The van der Waals surface area contributed by atoms with Crippen molar-refractivity contribution < 1.29 is 15.1 Å². The zero-order valence-corrected chi connectivity index (χ0v) is 8.86. The third kappa shape index (κ3) is 2.71. The third-order valence-electron chi connectivity index (χ3n) is 1.80. The number of carboxylic acids is 1. The minimum absolute atomic E-state index is 0.319. The fourth-order valence-electron chi connectivity index (χ4n) is 1.09. The Morgan fingerprint density at radius 2 is 2.14 bits per heavy atom.